The number of nitrogens with one attached hydrogen (secondary N) is 2. The second-order valence-electron chi connectivity index (χ2n) is 12.7. The summed E-state index contributed by atoms with van der Waals surface area (Å²) in [5.41, 5.74) is 0.380. The van der Waals surface area contributed by atoms with E-state index in [1.807, 2.05) is 0 Å². The minimum atomic E-state index is -1.07. The van der Waals surface area contributed by atoms with Gasteiger partial charge in [0.1, 0.15) is 12.6 Å². The van der Waals surface area contributed by atoms with Crippen molar-refractivity contribution in [1.82, 2.24) is 10.2 Å². The lowest BCUT2D eigenvalue weighted by molar-refractivity contribution is -0.145. The SMILES string of the molecule is CCCCCCC(=O)OCCOCCOCCOCCOCCOCCOCCCCCC(=O)Nc1cccc2c1C(=O)N(C1CCC(=O)NC1=O)C2=O. The van der Waals surface area contributed by atoms with E-state index in [-0.39, 0.29) is 54.6 Å². The molecule has 1 fully saturated rings. The van der Waals surface area contributed by atoms with Crippen LogP contribution in [0.1, 0.15) is 98.3 Å². The van der Waals surface area contributed by atoms with E-state index in [1.165, 1.54) is 6.07 Å². The van der Waals surface area contributed by atoms with Crippen molar-refractivity contribution >= 4 is 41.2 Å². The number of carbonyl (C=O) groups excluding carboxylic acids is 6. The van der Waals surface area contributed by atoms with Crippen LogP contribution in [-0.4, -0.2) is 132 Å². The molecule has 1 aromatic rings. The highest BCUT2D eigenvalue weighted by Crippen LogP contribution is 2.32. The van der Waals surface area contributed by atoms with Crippen LogP contribution in [0.25, 0.3) is 0 Å². The largest absolute Gasteiger partial charge is 0.463 e. The fraction of sp³-hybridized carbons (Fsp3) is 0.684. The van der Waals surface area contributed by atoms with Gasteiger partial charge >= 0.3 is 5.97 Å². The molecule has 302 valence electrons. The van der Waals surface area contributed by atoms with Gasteiger partial charge in [-0.25, -0.2) is 0 Å². The summed E-state index contributed by atoms with van der Waals surface area (Å²) in [5, 5.41) is 4.90. The summed E-state index contributed by atoms with van der Waals surface area (Å²) in [5.74, 6) is -2.89. The molecule has 2 aliphatic heterocycles. The van der Waals surface area contributed by atoms with Gasteiger partial charge in [0.05, 0.1) is 89.5 Å². The molecular weight excluding hydrogens is 706 g/mol. The van der Waals surface area contributed by atoms with Crippen molar-refractivity contribution in [2.75, 3.05) is 91.2 Å². The summed E-state index contributed by atoms with van der Waals surface area (Å²) in [4.78, 5) is 75.0. The maximum atomic E-state index is 13.2. The third-order valence-corrected chi connectivity index (χ3v) is 8.52. The lowest BCUT2D eigenvalue weighted by atomic mass is 10.0. The van der Waals surface area contributed by atoms with Crippen molar-refractivity contribution < 1.29 is 61.9 Å². The standard InChI is InChI=1S/C38H57N3O13/c1-2-3-4-7-13-34(44)54-28-27-53-26-25-52-24-23-51-22-21-50-20-19-49-18-17-48-16-8-5-6-12-32(42)39-30-11-9-10-29-35(30)38(47)41(37(29)46)31-14-15-33(43)40-36(31)45/h9-11,31H,2-8,12-28H2,1H3,(H,39,42)(H,40,43,45). The number of amides is 5. The summed E-state index contributed by atoms with van der Waals surface area (Å²) in [6.45, 7) is 7.74. The Balaban J connectivity index is 1.07. The van der Waals surface area contributed by atoms with Crippen molar-refractivity contribution in [3.63, 3.8) is 0 Å². The number of carbonyl (C=O) groups is 6. The van der Waals surface area contributed by atoms with E-state index in [9.17, 15) is 28.8 Å². The molecule has 2 aliphatic rings. The van der Waals surface area contributed by atoms with Crippen molar-refractivity contribution in [2.45, 2.75) is 83.6 Å². The van der Waals surface area contributed by atoms with Crippen LogP contribution in [0.5, 0.6) is 0 Å². The number of anilines is 1. The predicted molar refractivity (Wildman–Crippen MR) is 195 cm³/mol. The van der Waals surface area contributed by atoms with Gasteiger partial charge < -0.3 is 38.5 Å². The number of piperidine rings is 1. The number of nitrogens with zero attached hydrogens (tertiary/aromatic N) is 1. The summed E-state index contributed by atoms with van der Waals surface area (Å²) >= 11 is 0. The lowest BCUT2D eigenvalue weighted by Crippen LogP contribution is -2.54. The molecule has 1 saturated heterocycles. The average Bonchev–Trinajstić information content (AvgIpc) is 3.41. The van der Waals surface area contributed by atoms with Gasteiger partial charge in [0.15, 0.2) is 0 Å². The molecular formula is C38H57N3O13. The number of hydrogen-bond acceptors (Lipinski definition) is 13. The molecule has 54 heavy (non-hydrogen) atoms. The minimum Gasteiger partial charge on any atom is -0.463 e. The normalized spacial score (nSPS) is 15.4. The van der Waals surface area contributed by atoms with Gasteiger partial charge in [-0.05, 0) is 37.8 Å². The van der Waals surface area contributed by atoms with E-state index in [1.54, 1.807) is 12.1 Å². The Labute approximate surface area is 317 Å². The fourth-order valence-corrected chi connectivity index (χ4v) is 5.68. The lowest BCUT2D eigenvalue weighted by Gasteiger charge is -2.27. The van der Waals surface area contributed by atoms with Crippen LogP contribution in [0.15, 0.2) is 18.2 Å². The highest BCUT2D eigenvalue weighted by Gasteiger charge is 2.45. The van der Waals surface area contributed by atoms with E-state index in [0.717, 1.165) is 43.4 Å². The smallest absolute Gasteiger partial charge is 0.305 e. The summed E-state index contributed by atoms with van der Waals surface area (Å²) in [7, 11) is 0. The molecule has 16 nitrogen and oxygen atoms in total. The molecule has 1 unspecified atom stereocenters. The number of hydrogen-bond donors (Lipinski definition) is 2. The van der Waals surface area contributed by atoms with Crippen LogP contribution in [0.4, 0.5) is 5.69 Å². The van der Waals surface area contributed by atoms with Gasteiger partial charge in [-0.1, -0.05) is 38.7 Å². The molecule has 0 saturated carbocycles. The third-order valence-electron chi connectivity index (χ3n) is 8.52. The summed E-state index contributed by atoms with van der Waals surface area (Å²) in [6.07, 6.45) is 7.12. The molecule has 0 radical (unpaired) electrons. The van der Waals surface area contributed by atoms with E-state index in [4.69, 9.17) is 33.2 Å². The van der Waals surface area contributed by atoms with Crippen molar-refractivity contribution in [3.05, 3.63) is 29.3 Å². The van der Waals surface area contributed by atoms with Gasteiger partial charge in [0.25, 0.3) is 11.8 Å². The van der Waals surface area contributed by atoms with Gasteiger partial charge in [0.2, 0.25) is 17.7 Å². The highest BCUT2D eigenvalue weighted by atomic mass is 16.6. The first-order valence-corrected chi connectivity index (χ1v) is 19.1. The Hall–Kier alpha value is -3.80. The zero-order chi connectivity index (χ0) is 38.8. The van der Waals surface area contributed by atoms with Crippen LogP contribution < -0.4 is 10.6 Å². The maximum absolute atomic E-state index is 13.2. The zero-order valence-electron chi connectivity index (χ0n) is 31.5. The number of benzene rings is 1. The molecule has 2 N–H and O–H groups in total. The maximum Gasteiger partial charge on any atom is 0.305 e. The molecule has 0 aliphatic carbocycles. The van der Waals surface area contributed by atoms with E-state index >= 15 is 0 Å². The number of fused-ring (bicyclic) bond motifs is 1. The van der Waals surface area contributed by atoms with Gasteiger partial charge in [0, 0.05) is 25.9 Å². The van der Waals surface area contributed by atoms with Crippen LogP contribution in [0, 0.1) is 0 Å². The number of rotatable bonds is 31. The van der Waals surface area contributed by atoms with Crippen molar-refractivity contribution in [2.24, 2.45) is 0 Å². The predicted octanol–water partition coefficient (Wildman–Crippen LogP) is 3.20. The number of ether oxygens (including phenoxy) is 7. The monoisotopic (exact) mass is 763 g/mol. The second kappa shape index (κ2) is 26.9. The highest BCUT2D eigenvalue weighted by molar-refractivity contribution is 6.26. The van der Waals surface area contributed by atoms with Crippen LogP contribution in [-0.2, 0) is 52.3 Å². The number of esters is 1. The van der Waals surface area contributed by atoms with Crippen molar-refractivity contribution in [1.29, 1.82) is 0 Å². The van der Waals surface area contributed by atoms with E-state index in [0.29, 0.717) is 92.1 Å². The molecule has 0 spiro atoms. The van der Waals surface area contributed by atoms with Crippen LogP contribution >= 0.6 is 0 Å². The van der Waals surface area contributed by atoms with Crippen LogP contribution in [0.3, 0.4) is 0 Å². The minimum absolute atomic E-state index is 0.0281. The molecule has 16 heteroatoms. The molecule has 1 aromatic carbocycles. The van der Waals surface area contributed by atoms with E-state index < -0.39 is 29.7 Å². The molecule has 1 atom stereocenters. The topological polar surface area (TPSA) is 194 Å². The average molecular weight is 764 g/mol. The first-order valence-electron chi connectivity index (χ1n) is 19.1. The van der Waals surface area contributed by atoms with Gasteiger partial charge in [-0.3, -0.25) is 39.0 Å². The summed E-state index contributed by atoms with van der Waals surface area (Å²) < 4.78 is 38.0. The Kier molecular flexibility index (Phi) is 22.2. The Morgan fingerprint density at radius 3 is 1.83 bits per heavy atom. The molecule has 0 bridgehead atoms. The van der Waals surface area contributed by atoms with Crippen LogP contribution in [0.2, 0.25) is 0 Å². The first-order chi connectivity index (χ1) is 26.3. The molecule has 5 amide bonds. The third kappa shape index (κ3) is 16.7. The Morgan fingerprint density at radius 2 is 1.24 bits per heavy atom. The number of imide groups is 2. The molecule has 3 rings (SSSR count). The quantitative estimate of drug-likeness (QED) is 0.0637. The van der Waals surface area contributed by atoms with Gasteiger partial charge in [-0.15, -0.1) is 0 Å². The van der Waals surface area contributed by atoms with E-state index in [2.05, 4.69) is 17.6 Å². The molecule has 2 heterocycles. The van der Waals surface area contributed by atoms with Crippen molar-refractivity contribution in [3.8, 4) is 0 Å². The van der Waals surface area contributed by atoms with Gasteiger partial charge in [-0.2, -0.15) is 0 Å². The Bertz CT molecular complexity index is 1340. The Morgan fingerprint density at radius 1 is 0.685 bits per heavy atom. The molecule has 0 aromatic heterocycles. The summed E-state index contributed by atoms with van der Waals surface area (Å²) in [6, 6.07) is 3.52. The second-order valence-corrected chi connectivity index (χ2v) is 12.7. The number of unbranched alkanes of at least 4 members (excludes halogenated alkanes) is 5. The fourth-order valence-electron chi connectivity index (χ4n) is 5.68. The first kappa shape index (κ1) is 44.6. The zero-order valence-corrected chi connectivity index (χ0v) is 31.5.